The number of carbonyl (C=O) groups excluding carboxylic acids is 4. The molecule has 216 valence electrons. The van der Waals surface area contributed by atoms with E-state index in [0.717, 1.165) is 24.3 Å². The topological polar surface area (TPSA) is 148 Å². The minimum absolute atomic E-state index is 0.0692. The fourth-order valence-electron chi connectivity index (χ4n) is 4.32. The maximum atomic E-state index is 12.7. The number of para-hydroxylation sites is 1. The van der Waals surface area contributed by atoms with Crippen LogP contribution in [0, 0.1) is 0 Å². The van der Waals surface area contributed by atoms with Crippen molar-refractivity contribution >= 4 is 34.9 Å². The van der Waals surface area contributed by atoms with Gasteiger partial charge in [-0.05, 0) is 38.4 Å². The van der Waals surface area contributed by atoms with Gasteiger partial charge in [0.25, 0.3) is 5.88 Å². The summed E-state index contributed by atoms with van der Waals surface area (Å²) >= 11 is 0. The molecule has 0 N–H and O–H groups in total. The van der Waals surface area contributed by atoms with E-state index in [9.17, 15) is 19.2 Å². The van der Waals surface area contributed by atoms with Gasteiger partial charge in [-0.1, -0.05) is 18.2 Å². The first-order chi connectivity index (χ1) is 20.8. The van der Waals surface area contributed by atoms with E-state index in [-0.39, 0.29) is 28.2 Å². The lowest BCUT2D eigenvalue weighted by atomic mass is 10.1. The third kappa shape index (κ3) is 5.56. The largest absolute Gasteiger partial charge is 0.492 e. The van der Waals surface area contributed by atoms with Crippen molar-refractivity contribution < 1.29 is 42.9 Å². The third-order valence-electron chi connectivity index (χ3n) is 6.23. The van der Waals surface area contributed by atoms with Gasteiger partial charge in [-0.15, -0.1) is 0 Å². The molecule has 4 aromatic rings. The van der Waals surface area contributed by atoms with Crippen LogP contribution in [0.25, 0.3) is 28.0 Å². The van der Waals surface area contributed by atoms with Gasteiger partial charge in [0.05, 0.1) is 11.1 Å². The molecule has 0 radical (unpaired) electrons. The molecule has 2 aromatic carbocycles. The summed E-state index contributed by atoms with van der Waals surface area (Å²) in [6.45, 7) is 1.11. The van der Waals surface area contributed by atoms with E-state index < -0.39 is 35.5 Å². The number of hydrogen-bond donors (Lipinski definition) is 0. The van der Waals surface area contributed by atoms with E-state index in [1.54, 1.807) is 42.5 Å². The average molecular weight is 583 g/mol. The molecular weight excluding hydrogens is 560 g/mol. The minimum Gasteiger partial charge on any atom is -0.492 e. The number of benzene rings is 2. The van der Waals surface area contributed by atoms with E-state index in [1.165, 1.54) is 10.7 Å². The Hall–Kier alpha value is -5.82. The normalized spacial score (nSPS) is 16.0. The van der Waals surface area contributed by atoms with Gasteiger partial charge in [0.2, 0.25) is 5.75 Å². The van der Waals surface area contributed by atoms with Crippen LogP contribution in [0.1, 0.15) is 0 Å². The molecule has 2 aromatic heterocycles. The lowest BCUT2D eigenvalue weighted by Crippen LogP contribution is -2.19. The number of esters is 4. The summed E-state index contributed by atoms with van der Waals surface area (Å²) in [4.78, 5) is 57.0. The summed E-state index contributed by atoms with van der Waals surface area (Å²) in [5, 5.41) is 4.89. The highest BCUT2D eigenvalue weighted by atomic mass is 16.6. The summed E-state index contributed by atoms with van der Waals surface area (Å²) in [7, 11) is 3.87. The van der Waals surface area contributed by atoms with Gasteiger partial charge in [-0.25, -0.2) is 23.9 Å². The van der Waals surface area contributed by atoms with Crippen molar-refractivity contribution in [3.63, 3.8) is 0 Å². The number of pyridine rings is 1. The Kier molecular flexibility index (Phi) is 7.14. The zero-order valence-electron chi connectivity index (χ0n) is 22.8. The van der Waals surface area contributed by atoms with Crippen molar-refractivity contribution in [1.29, 1.82) is 0 Å². The van der Waals surface area contributed by atoms with Gasteiger partial charge in [0.15, 0.2) is 11.4 Å². The first kappa shape index (κ1) is 27.4. The van der Waals surface area contributed by atoms with Crippen LogP contribution in [0.4, 0.5) is 0 Å². The fraction of sp³-hybridized carbons (Fsp3) is 0.133. The van der Waals surface area contributed by atoms with Gasteiger partial charge in [-0.3, -0.25) is 0 Å². The molecule has 0 unspecified atom stereocenters. The predicted molar refractivity (Wildman–Crippen MR) is 149 cm³/mol. The molecule has 0 saturated heterocycles. The molecule has 0 aliphatic carbocycles. The van der Waals surface area contributed by atoms with Crippen LogP contribution < -0.4 is 23.7 Å². The number of fused-ring (bicyclic) bond motifs is 2. The maximum absolute atomic E-state index is 12.7. The third-order valence-corrected chi connectivity index (χ3v) is 6.23. The highest BCUT2D eigenvalue weighted by Crippen LogP contribution is 2.48. The zero-order chi connectivity index (χ0) is 30.1. The van der Waals surface area contributed by atoms with Crippen molar-refractivity contribution in [1.82, 2.24) is 19.7 Å². The van der Waals surface area contributed by atoms with Crippen LogP contribution >= 0.6 is 0 Å². The number of aromatic nitrogens is 3. The van der Waals surface area contributed by atoms with Crippen molar-refractivity contribution in [3.8, 4) is 45.8 Å². The highest BCUT2D eigenvalue weighted by Gasteiger charge is 2.32. The molecule has 0 amide bonds. The standard InChI is InChI=1S/C30H22N4O9/c1-33(2)14-15-39-18-7-5-6-17(16-18)34-29-25-26(32-34)19-8-3-4-9-20(19)40-21(35)10-13-24(38)43-30(31-29)28-27(25)41-22(36)11-12-23(37)42-28/h3-13,16H,14-15H2,1-2H3/b12-11-,13-10-. The van der Waals surface area contributed by atoms with E-state index in [0.29, 0.717) is 30.2 Å². The van der Waals surface area contributed by atoms with E-state index >= 15 is 0 Å². The molecular formula is C30H22N4O9. The van der Waals surface area contributed by atoms with Crippen molar-refractivity contribution in [2.24, 2.45) is 0 Å². The Morgan fingerprint density at radius 2 is 1.47 bits per heavy atom. The average Bonchev–Trinajstić information content (AvgIpc) is 3.35. The van der Waals surface area contributed by atoms with Crippen molar-refractivity contribution in [2.45, 2.75) is 0 Å². The molecule has 0 saturated carbocycles. The Labute approximate surface area is 243 Å². The molecule has 2 aliphatic rings. The lowest BCUT2D eigenvalue weighted by molar-refractivity contribution is -0.134. The van der Waals surface area contributed by atoms with Crippen LogP contribution in [-0.4, -0.2) is 70.8 Å². The highest BCUT2D eigenvalue weighted by molar-refractivity contribution is 6.05. The first-order valence-corrected chi connectivity index (χ1v) is 12.9. The number of nitrogens with zero attached hydrogens (tertiary/aromatic N) is 4. The number of likely N-dealkylation sites (N-methyl/N-ethyl adjacent to an activating group) is 1. The molecule has 0 spiro atoms. The summed E-state index contributed by atoms with van der Waals surface area (Å²) in [6.07, 6.45) is 3.46. The van der Waals surface area contributed by atoms with E-state index in [1.807, 2.05) is 19.0 Å². The molecule has 2 bridgehead atoms. The molecule has 2 aliphatic heterocycles. The van der Waals surface area contributed by atoms with Gasteiger partial charge >= 0.3 is 23.9 Å². The summed E-state index contributed by atoms with van der Waals surface area (Å²) in [6, 6.07) is 13.5. The van der Waals surface area contributed by atoms with Crippen molar-refractivity contribution in [2.75, 3.05) is 27.2 Å². The first-order valence-electron chi connectivity index (χ1n) is 12.9. The van der Waals surface area contributed by atoms with Crippen molar-refractivity contribution in [3.05, 3.63) is 72.8 Å². The second-order valence-electron chi connectivity index (χ2n) is 9.53. The molecule has 4 heterocycles. The number of carbonyl (C=O) groups is 4. The minimum atomic E-state index is -1.04. The van der Waals surface area contributed by atoms with Gasteiger partial charge in [0, 0.05) is 42.5 Å². The molecule has 43 heavy (non-hydrogen) atoms. The molecule has 13 heteroatoms. The van der Waals surface area contributed by atoms with Crippen LogP contribution in [0.5, 0.6) is 28.9 Å². The quantitative estimate of drug-likeness (QED) is 0.252. The molecule has 13 nitrogen and oxygen atoms in total. The second kappa shape index (κ2) is 11.2. The molecule has 6 rings (SSSR count). The Balaban J connectivity index is 1.66. The van der Waals surface area contributed by atoms with Crippen LogP contribution in [0.3, 0.4) is 0 Å². The van der Waals surface area contributed by atoms with Crippen LogP contribution in [0.2, 0.25) is 0 Å². The monoisotopic (exact) mass is 582 g/mol. The SMILES string of the molecule is CN(C)CCOc1cccc(-n2nc3c4c5c(c(nc42)OC(=O)/C=C\C(=O)Oc2ccccc2-3)OC(=O)/C=C\C(=O)O5)c1. The maximum Gasteiger partial charge on any atom is 0.337 e. The molecule has 0 fully saturated rings. The summed E-state index contributed by atoms with van der Waals surface area (Å²) in [5.74, 6) is -4.32. The number of ether oxygens (including phenoxy) is 5. The smallest absolute Gasteiger partial charge is 0.337 e. The van der Waals surface area contributed by atoms with Crippen LogP contribution in [0.15, 0.2) is 72.8 Å². The Bertz CT molecular complexity index is 1870. The lowest BCUT2D eigenvalue weighted by Gasteiger charge is -2.15. The van der Waals surface area contributed by atoms with E-state index in [4.69, 9.17) is 28.8 Å². The Morgan fingerprint density at radius 3 is 2.21 bits per heavy atom. The Morgan fingerprint density at radius 1 is 0.791 bits per heavy atom. The van der Waals surface area contributed by atoms with Gasteiger partial charge < -0.3 is 28.6 Å². The van der Waals surface area contributed by atoms with Crippen LogP contribution in [-0.2, 0) is 19.2 Å². The fourth-order valence-corrected chi connectivity index (χ4v) is 4.32. The predicted octanol–water partition coefficient (Wildman–Crippen LogP) is 2.79. The number of hydrogen-bond acceptors (Lipinski definition) is 12. The van der Waals surface area contributed by atoms with Gasteiger partial charge in [-0.2, -0.15) is 10.1 Å². The number of rotatable bonds is 5. The molecule has 0 atom stereocenters. The summed E-state index contributed by atoms with van der Waals surface area (Å²) < 4.78 is 29.3. The second-order valence-corrected chi connectivity index (χ2v) is 9.53. The van der Waals surface area contributed by atoms with Gasteiger partial charge in [0.1, 0.15) is 23.8 Å². The summed E-state index contributed by atoms with van der Waals surface area (Å²) in [5.41, 5.74) is 1.03. The zero-order valence-corrected chi connectivity index (χ0v) is 22.8. The van der Waals surface area contributed by atoms with E-state index in [2.05, 4.69) is 4.98 Å².